The maximum Gasteiger partial charge on any atom is 0.152 e. The van der Waals surface area contributed by atoms with Crippen molar-refractivity contribution in [1.82, 2.24) is 14.4 Å². The minimum absolute atomic E-state index is 0.0227. The van der Waals surface area contributed by atoms with Crippen molar-refractivity contribution < 1.29 is 4.79 Å². The molecule has 5 rings (SSSR count). The maximum absolute atomic E-state index is 11.7. The molecule has 0 spiro atoms. The van der Waals surface area contributed by atoms with Crippen LogP contribution in [0.25, 0.3) is 16.8 Å². The molecule has 0 bridgehead atoms. The van der Waals surface area contributed by atoms with Gasteiger partial charge in [-0.05, 0) is 61.2 Å². The van der Waals surface area contributed by atoms with Crippen LogP contribution in [0.5, 0.6) is 0 Å². The van der Waals surface area contributed by atoms with E-state index in [-0.39, 0.29) is 11.8 Å². The molecule has 1 aliphatic heterocycles. The Morgan fingerprint density at radius 3 is 2.71 bits per heavy atom. The van der Waals surface area contributed by atoms with Gasteiger partial charge in [-0.1, -0.05) is 29.8 Å². The number of pyridine rings is 2. The highest BCUT2D eigenvalue weighted by molar-refractivity contribution is 6.30. The second kappa shape index (κ2) is 7.82. The summed E-state index contributed by atoms with van der Waals surface area (Å²) in [6.45, 7) is 4.54. The van der Waals surface area contributed by atoms with Crippen LogP contribution in [0.1, 0.15) is 30.2 Å². The number of rotatable bonds is 5. The summed E-state index contributed by atoms with van der Waals surface area (Å²) in [7, 11) is 0. The van der Waals surface area contributed by atoms with Gasteiger partial charge in [0, 0.05) is 42.1 Å². The third-order valence-corrected chi connectivity index (χ3v) is 6.10. The lowest BCUT2D eigenvalue weighted by Crippen LogP contribution is -2.52. The number of aryl methyl sites for hydroxylation is 1. The normalized spacial score (nSPS) is 15.8. The fourth-order valence-corrected chi connectivity index (χ4v) is 4.45. The number of anilines is 1. The molecule has 0 amide bonds. The van der Waals surface area contributed by atoms with Gasteiger partial charge in [-0.25, -0.2) is 9.97 Å². The molecule has 1 unspecified atom stereocenters. The second-order valence-corrected chi connectivity index (χ2v) is 8.63. The molecule has 4 heterocycles. The second-order valence-electron chi connectivity index (χ2n) is 8.20. The first-order chi connectivity index (χ1) is 15.0. The number of carbonyl (C=O) groups excluding carboxylic acids is 1. The molecule has 1 fully saturated rings. The summed E-state index contributed by atoms with van der Waals surface area (Å²) >= 11 is 6.25. The molecule has 0 aliphatic carbocycles. The highest BCUT2D eigenvalue weighted by atomic mass is 35.5. The van der Waals surface area contributed by atoms with E-state index in [1.54, 1.807) is 6.92 Å². The Labute approximate surface area is 186 Å². The molecule has 3 aromatic heterocycles. The standard InChI is InChI=1S/C25H23ClN4O/c1-16-14-29-15-19(11-22(25(29)28-16)20-4-3-5-21(26)12-20)10-18-6-7-24(27-13-18)30-9-8-23(30)17(2)31/h3-7,11-15,23H,8-10H2,1-2H3. The number of nitrogens with zero attached hydrogens (tertiary/aromatic N) is 4. The Morgan fingerprint density at radius 1 is 1.16 bits per heavy atom. The SMILES string of the molecule is CC(=O)C1CCN1c1ccc(Cc2cc(-c3cccc(Cl)c3)c3nc(C)cn3c2)cn1. The van der Waals surface area contributed by atoms with Crippen molar-refractivity contribution in [2.75, 3.05) is 11.4 Å². The van der Waals surface area contributed by atoms with E-state index in [4.69, 9.17) is 16.6 Å². The summed E-state index contributed by atoms with van der Waals surface area (Å²) in [6, 6.07) is 14.1. The number of benzene rings is 1. The Morgan fingerprint density at radius 2 is 2.03 bits per heavy atom. The van der Waals surface area contributed by atoms with E-state index < -0.39 is 0 Å². The lowest BCUT2D eigenvalue weighted by Gasteiger charge is -2.40. The fourth-order valence-electron chi connectivity index (χ4n) is 4.26. The molecule has 1 atom stereocenters. The molecule has 4 aromatic rings. The van der Waals surface area contributed by atoms with Crippen molar-refractivity contribution in [3.05, 3.63) is 82.9 Å². The summed E-state index contributed by atoms with van der Waals surface area (Å²) in [4.78, 5) is 23.1. The van der Waals surface area contributed by atoms with Gasteiger partial charge in [-0.15, -0.1) is 0 Å². The van der Waals surface area contributed by atoms with E-state index in [1.807, 2.05) is 43.6 Å². The van der Waals surface area contributed by atoms with Crippen LogP contribution in [0.15, 0.2) is 61.1 Å². The van der Waals surface area contributed by atoms with Crippen LogP contribution < -0.4 is 4.90 Å². The highest BCUT2D eigenvalue weighted by Crippen LogP contribution is 2.29. The molecule has 6 heteroatoms. The first kappa shape index (κ1) is 19.8. The van der Waals surface area contributed by atoms with Crippen molar-refractivity contribution in [2.24, 2.45) is 0 Å². The van der Waals surface area contributed by atoms with Crippen molar-refractivity contribution >= 4 is 28.8 Å². The number of imidazole rings is 1. The quantitative estimate of drug-likeness (QED) is 0.441. The Bertz CT molecular complexity index is 1280. The summed E-state index contributed by atoms with van der Waals surface area (Å²) in [6.07, 6.45) is 7.74. The van der Waals surface area contributed by atoms with E-state index in [9.17, 15) is 4.79 Å². The van der Waals surface area contributed by atoms with Gasteiger partial charge in [0.1, 0.15) is 11.5 Å². The molecule has 31 heavy (non-hydrogen) atoms. The number of hydrogen-bond acceptors (Lipinski definition) is 4. The van der Waals surface area contributed by atoms with Crippen molar-refractivity contribution in [3.8, 4) is 11.1 Å². The van der Waals surface area contributed by atoms with E-state index in [2.05, 4.69) is 38.7 Å². The molecular weight excluding hydrogens is 408 g/mol. The van der Waals surface area contributed by atoms with Gasteiger partial charge in [0.05, 0.1) is 11.7 Å². The molecule has 5 nitrogen and oxygen atoms in total. The number of fused-ring (bicyclic) bond motifs is 1. The third kappa shape index (κ3) is 3.81. The van der Waals surface area contributed by atoms with Crippen LogP contribution in [0.3, 0.4) is 0 Å². The third-order valence-electron chi connectivity index (χ3n) is 5.86. The van der Waals surface area contributed by atoms with E-state index in [0.717, 1.165) is 53.2 Å². The monoisotopic (exact) mass is 430 g/mol. The lowest BCUT2D eigenvalue weighted by molar-refractivity contribution is -0.119. The lowest BCUT2D eigenvalue weighted by atomic mass is 9.99. The number of carbonyl (C=O) groups is 1. The minimum Gasteiger partial charge on any atom is -0.346 e. The van der Waals surface area contributed by atoms with Gasteiger partial charge in [0.2, 0.25) is 0 Å². The van der Waals surface area contributed by atoms with Crippen molar-refractivity contribution in [3.63, 3.8) is 0 Å². The van der Waals surface area contributed by atoms with Crippen molar-refractivity contribution in [1.29, 1.82) is 0 Å². The zero-order valence-corrected chi connectivity index (χ0v) is 18.3. The molecule has 0 N–H and O–H groups in total. The van der Waals surface area contributed by atoms with E-state index in [0.29, 0.717) is 5.02 Å². The Hall–Kier alpha value is -3.18. The van der Waals surface area contributed by atoms with Gasteiger partial charge >= 0.3 is 0 Å². The summed E-state index contributed by atoms with van der Waals surface area (Å²) in [5.74, 6) is 1.07. The first-order valence-electron chi connectivity index (χ1n) is 10.4. The molecule has 0 radical (unpaired) electrons. The summed E-state index contributed by atoms with van der Waals surface area (Å²) in [5, 5.41) is 0.707. The molecular formula is C25H23ClN4O. The van der Waals surface area contributed by atoms with Crippen LogP contribution in [0.4, 0.5) is 5.82 Å². The van der Waals surface area contributed by atoms with E-state index in [1.165, 1.54) is 5.56 Å². The molecule has 156 valence electrons. The number of ketones is 1. The van der Waals surface area contributed by atoms with Crippen LogP contribution in [0.2, 0.25) is 5.02 Å². The topological polar surface area (TPSA) is 50.5 Å². The highest BCUT2D eigenvalue weighted by Gasteiger charge is 2.32. The first-order valence-corrected chi connectivity index (χ1v) is 10.8. The molecule has 1 saturated heterocycles. The predicted molar refractivity (Wildman–Crippen MR) is 124 cm³/mol. The van der Waals surface area contributed by atoms with Gasteiger partial charge in [-0.3, -0.25) is 4.79 Å². The summed E-state index contributed by atoms with van der Waals surface area (Å²) in [5.41, 5.74) is 6.29. The number of hydrogen-bond donors (Lipinski definition) is 0. The summed E-state index contributed by atoms with van der Waals surface area (Å²) < 4.78 is 2.08. The Kier molecular flexibility index (Phi) is 4.98. The molecule has 1 aliphatic rings. The fraction of sp³-hybridized carbons (Fsp3) is 0.240. The van der Waals surface area contributed by atoms with E-state index >= 15 is 0 Å². The number of Topliss-reactive ketones (excluding diaryl/α,β-unsaturated/α-hetero) is 1. The molecule has 1 aromatic carbocycles. The molecule has 0 saturated carbocycles. The minimum atomic E-state index is -0.0227. The van der Waals surface area contributed by atoms with Crippen LogP contribution in [0, 0.1) is 6.92 Å². The van der Waals surface area contributed by atoms with Crippen LogP contribution >= 0.6 is 11.6 Å². The zero-order chi connectivity index (χ0) is 21.5. The van der Waals surface area contributed by atoms with Gasteiger partial charge in [0.25, 0.3) is 0 Å². The Balaban J connectivity index is 1.46. The van der Waals surface area contributed by atoms with Crippen molar-refractivity contribution in [2.45, 2.75) is 32.7 Å². The van der Waals surface area contributed by atoms with Gasteiger partial charge in [0.15, 0.2) is 5.78 Å². The largest absolute Gasteiger partial charge is 0.346 e. The van der Waals surface area contributed by atoms with Crippen LogP contribution in [-0.4, -0.2) is 32.7 Å². The average molecular weight is 431 g/mol. The number of halogens is 1. The predicted octanol–water partition coefficient (Wildman–Crippen LogP) is 5.12. The smallest absolute Gasteiger partial charge is 0.152 e. The maximum atomic E-state index is 11.7. The van der Waals surface area contributed by atoms with Crippen LogP contribution in [-0.2, 0) is 11.2 Å². The van der Waals surface area contributed by atoms with Gasteiger partial charge < -0.3 is 9.30 Å². The average Bonchev–Trinajstić information content (AvgIpc) is 3.07. The zero-order valence-electron chi connectivity index (χ0n) is 17.5. The number of aromatic nitrogens is 3. The van der Waals surface area contributed by atoms with Gasteiger partial charge in [-0.2, -0.15) is 0 Å².